The summed E-state index contributed by atoms with van der Waals surface area (Å²) in [6.45, 7) is 4.54. The van der Waals surface area contributed by atoms with Crippen molar-refractivity contribution in [1.29, 1.82) is 0 Å². The van der Waals surface area contributed by atoms with Gasteiger partial charge in [0.1, 0.15) is 19.2 Å². The number of nitrogens with zero attached hydrogens (tertiary/aromatic N) is 3. The Bertz CT molecular complexity index is 517. The average molecular weight is 259 g/mol. The SMILES string of the molecule is CC1OC(Cn2cncn2)(c2ccccc2)OC1C. The van der Waals surface area contributed by atoms with E-state index in [0.29, 0.717) is 6.54 Å². The summed E-state index contributed by atoms with van der Waals surface area (Å²) in [4.78, 5) is 3.97. The van der Waals surface area contributed by atoms with E-state index in [0.717, 1.165) is 5.56 Å². The van der Waals surface area contributed by atoms with Gasteiger partial charge >= 0.3 is 0 Å². The summed E-state index contributed by atoms with van der Waals surface area (Å²) < 4.78 is 14.0. The van der Waals surface area contributed by atoms with Crippen LogP contribution in [-0.2, 0) is 21.8 Å². The lowest BCUT2D eigenvalue weighted by Gasteiger charge is -2.28. The van der Waals surface area contributed by atoms with Crippen LogP contribution in [0.15, 0.2) is 43.0 Å². The molecule has 0 bridgehead atoms. The predicted molar refractivity (Wildman–Crippen MR) is 69.2 cm³/mol. The molecule has 0 spiro atoms. The molecule has 0 amide bonds. The van der Waals surface area contributed by atoms with E-state index >= 15 is 0 Å². The van der Waals surface area contributed by atoms with Crippen molar-refractivity contribution in [3.8, 4) is 0 Å². The van der Waals surface area contributed by atoms with E-state index in [4.69, 9.17) is 9.47 Å². The van der Waals surface area contributed by atoms with Gasteiger partial charge in [-0.15, -0.1) is 0 Å². The Morgan fingerprint density at radius 2 is 1.84 bits per heavy atom. The molecule has 1 aliphatic rings. The van der Waals surface area contributed by atoms with E-state index < -0.39 is 5.79 Å². The summed E-state index contributed by atoms with van der Waals surface area (Å²) >= 11 is 0. The molecule has 3 rings (SSSR count). The standard InChI is InChI=1S/C14H17N3O2/c1-11-12(2)19-14(18-11,8-17-10-15-9-16-17)13-6-4-3-5-7-13/h3-7,9-12H,8H2,1-2H3. The molecule has 1 aromatic heterocycles. The third-order valence-electron chi connectivity index (χ3n) is 3.46. The van der Waals surface area contributed by atoms with Crippen molar-refractivity contribution in [2.45, 2.75) is 38.4 Å². The van der Waals surface area contributed by atoms with E-state index in [9.17, 15) is 0 Å². The molecule has 1 saturated heterocycles. The molecule has 0 aliphatic carbocycles. The number of hydrogen-bond acceptors (Lipinski definition) is 4. The Hall–Kier alpha value is -1.72. The van der Waals surface area contributed by atoms with Crippen LogP contribution in [0.5, 0.6) is 0 Å². The van der Waals surface area contributed by atoms with Gasteiger partial charge in [-0.1, -0.05) is 30.3 Å². The van der Waals surface area contributed by atoms with Crippen molar-refractivity contribution in [2.24, 2.45) is 0 Å². The summed E-state index contributed by atoms with van der Waals surface area (Å²) in [5, 5.41) is 4.15. The smallest absolute Gasteiger partial charge is 0.215 e. The molecule has 2 aromatic rings. The molecule has 2 heterocycles. The number of ether oxygens (including phenoxy) is 2. The van der Waals surface area contributed by atoms with E-state index in [1.165, 1.54) is 6.33 Å². The average Bonchev–Trinajstić information content (AvgIpc) is 3.01. The number of benzene rings is 1. The van der Waals surface area contributed by atoms with E-state index in [1.54, 1.807) is 11.0 Å². The Labute approximate surface area is 112 Å². The highest BCUT2D eigenvalue weighted by Crippen LogP contribution is 2.38. The van der Waals surface area contributed by atoms with Gasteiger partial charge in [0.2, 0.25) is 5.79 Å². The van der Waals surface area contributed by atoms with E-state index in [1.807, 2.05) is 44.2 Å². The highest BCUT2D eigenvalue weighted by molar-refractivity contribution is 5.21. The van der Waals surface area contributed by atoms with Gasteiger partial charge < -0.3 is 9.47 Å². The Balaban J connectivity index is 1.97. The molecular weight excluding hydrogens is 242 g/mol. The molecular formula is C14H17N3O2. The fourth-order valence-corrected chi connectivity index (χ4v) is 2.34. The molecule has 5 nitrogen and oxygen atoms in total. The lowest BCUT2D eigenvalue weighted by molar-refractivity contribution is -0.193. The first-order valence-corrected chi connectivity index (χ1v) is 6.43. The zero-order valence-corrected chi connectivity index (χ0v) is 11.1. The molecule has 0 radical (unpaired) electrons. The minimum absolute atomic E-state index is 0.0451. The van der Waals surface area contributed by atoms with Gasteiger partial charge in [0, 0.05) is 5.56 Å². The summed E-state index contributed by atoms with van der Waals surface area (Å²) in [6.07, 6.45) is 3.28. The maximum absolute atomic E-state index is 6.11. The van der Waals surface area contributed by atoms with Crippen LogP contribution in [0.25, 0.3) is 0 Å². The lowest BCUT2D eigenvalue weighted by atomic mass is 10.1. The topological polar surface area (TPSA) is 49.2 Å². The van der Waals surface area contributed by atoms with Crippen molar-refractivity contribution in [1.82, 2.24) is 14.8 Å². The van der Waals surface area contributed by atoms with Crippen molar-refractivity contribution in [3.63, 3.8) is 0 Å². The summed E-state index contributed by atoms with van der Waals surface area (Å²) in [5.41, 5.74) is 1.00. The second-order valence-electron chi connectivity index (χ2n) is 4.86. The Kier molecular flexibility index (Phi) is 3.08. The first kappa shape index (κ1) is 12.3. The Morgan fingerprint density at radius 1 is 1.16 bits per heavy atom. The number of hydrogen-bond donors (Lipinski definition) is 0. The molecule has 2 unspecified atom stereocenters. The maximum atomic E-state index is 6.11. The molecule has 1 aromatic carbocycles. The van der Waals surface area contributed by atoms with Crippen molar-refractivity contribution < 1.29 is 9.47 Å². The van der Waals surface area contributed by atoms with Crippen molar-refractivity contribution in [2.75, 3.05) is 0 Å². The van der Waals surface area contributed by atoms with Crippen molar-refractivity contribution in [3.05, 3.63) is 48.5 Å². The summed E-state index contributed by atoms with van der Waals surface area (Å²) in [6, 6.07) is 9.98. The maximum Gasteiger partial charge on any atom is 0.215 e. The minimum Gasteiger partial charge on any atom is -0.339 e. The lowest BCUT2D eigenvalue weighted by Crippen LogP contribution is -2.33. The fourth-order valence-electron chi connectivity index (χ4n) is 2.34. The second kappa shape index (κ2) is 4.75. The van der Waals surface area contributed by atoms with Crippen molar-refractivity contribution >= 4 is 0 Å². The number of rotatable bonds is 3. The molecule has 0 N–H and O–H groups in total. The largest absolute Gasteiger partial charge is 0.339 e. The third-order valence-corrected chi connectivity index (χ3v) is 3.46. The second-order valence-corrected chi connectivity index (χ2v) is 4.86. The quantitative estimate of drug-likeness (QED) is 0.845. The van der Waals surface area contributed by atoms with Gasteiger partial charge in [-0.25, -0.2) is 9.67 Å². The minimum atomic E-state index is -0.784. The highest BCUT2D eigenvalue weighted by atomic mass is 16.8. The molecule has 100 valence electrons. The van der Waals surface area contributed by atoms with Gasteiger partial charge in [0.15, 0.2) is 0 Å². The van der Waals surface area contributed by atoms with Gasteiger partial charge in [0.25, 0.3) is 0 Å². The van der Waals surface area contributed by atoms with Crippen LogP contribution in [0.3, 0.4) is 0 Å². The van der Waals surface area contributed by atoms with Crippen LogP contribution in [0.4, 0.5) is 0 Å². The van der Waals surface area contributed by atoms with E-state index in [2.05, 4.69) is 10.1 Å². The molecule has 19 heavy (non-hydrogen) atoms. The molecule has 5 heteroatoms. The van der Waals surface area contributed by atoms with Gasteiger partial charge in [-0.2, -0.15) is 5.10 Å². The molecule has 2 atom stereocenters. The zero-order valence-electron chi connectivity index (χ0n) is 11.1. The Morgan fingerprint density at radius 3 is 2.42 bits per heavy atom. The monoisotopic (exact) mass is 259 g/mol. The van der Waals surface area contributed by atoms with Crippen LogP contribution in [0.1, 0.15) is 19.4 Å². The van der Waals surface area contributed by atoms with Gasteiger partial charge in [-0.3, -0.25) is 0 Å². The third kappa shape index (κ3) is 2.27. The predicted octanol–water partition coefficient (Wildman–Crippen LogP) is 1.95. The van der Waals surface area contributed by atoms with Crippen LogP contribution >= 0.6 is 0 Å². The van der Waals surface area contributed by atoms with Crippen LogP contribution in [-0.4, -0.2) is 27.0 Å². The van der Waals surface area contributed by atoms with Crippen LogP contribution in [0.2, 0.25) is 0 Å². The van der Waals surface area contributed by atoms with Crippen LogP contribution in [0, 0.1) is 0 Å². The molecule has 1 aliphatic heterocycles. The summed E-state index contributed by atoms with van der Waals surface area (Å²) in [7, 11) is 0. The fraction of sp³-hybridized carbons (Fsp3) is 0.429. The first-order chi connectivity index (χ1) is 9.20. The zero-order chi connectivity index (χ0) is 13.3. The first-order valence-electron chi connectivity index (χ1n) is 6.43. The highest BCUT2D eigenvalue weighted by Gasteiger charge is 2.46. The van der Waals surface area contributed by atoms with Gasteiger partial charge in [-0.05, 0) is 13.8 Å². The summed E-state index contributed by atoms with van der Waals surface area (Å²) in [5.74, 6) is -0.784. The molecule has 1 fully saturated rings. The normalized spacial score (nSPS) is 30.6. The van der Waals surface area contributed by atoms with Crippen LogP contribution < -0.4 is 0 Å². The number of aromatic nitrogens is 3. The van der Waals surface area contributed by atoms with E-state index in [-0.39, 0.29) is 12.2 Å². The van der Waals surface area contributed by atoms with Gasteiger partial charge in [0.05, 0.1) is 12.2 Å². The molecule has 0 saturated carbocycles.